The Balaban J connectivity index is 4.19. The van der Waals surface area contributed by atoms with Gasteiger partial charge < -0.3 is 9.80 Å². The highest BCUT2D eigenvalue weighted by molar-refractivity contribution is 5.74. The fraction of sp³-hybridized carbons (Fsp3) is 0.889. The topological polar surface area (TPSA) is 23.6 Å². The smallest absolute Gasteiger partial charge is 0.319 e. The summed E-state index contributed by atoms with van der Waals surface area (Å²) in [5, 5.41) is 0. The number of urea groups is 1. The summed E-state index contributed by atoms with van der Waals surface area (Å²) in [7, 11) is 3.65. The highest BCUT2D eigenvalue weighted by Gasteiger charge is 2.17. The SMILES string of the molecule is CC(C)N(C)C(=O)N(C)C(C)C. The van der Waals surface area contributed by atoms with Crippen molar-refractivity contribution in [3.05, 3.63) is 0 Å². The first-order chi connectivity index (χ1) is 5.37. The molecule has 0 aromatic rings. The Kier molecular flexibility index (Phi) is 4.07. The van der Waals surface area contributed by atoms with E-state index < -0.39 is 0 Å². The van der Waals surface area contributed by atoms with E-state index in [4.69, 9.17) is 0 Å². The number of carbonyl (C=O) groups excluding carboxylic acids is 1. The van der Waals surface area contributed by atoms with Crippen molar-refractivity contribution in [3.63, 3.8) is 0 Å². The van der Waals surface area contributed by atoms with E-state index in [-0.39, 0.29) is 18.1 Å². The van der Waals surface area contributed by atoms with Gasteiger partial charge in [-0.3, -0.25) is 0 Å². The van der Waals surface area contributed by atoms with Gasteiger partial charge in [-0.1, -0.05) is 0 Å². The molecule has 0 aliphatic rings. The molecule has 12 heavy (non-hydrogen) atoms. The molecule has 0 aromatic carbocycles. The van der Waals surface area contributed by atoms with Crippen LogP contribution in [0.25, 0.3) is 0 Å². The lowest BCUT2D eigenvalue weighted by Gasteiger charge is -2.30. The first-order valence-electron chi connectivity index (χ1n) is 4.37. The molecule has 0 aliphatic carbocycles. The van der Waals surface area contributed by atoms with Gasteiger partial charge in [0, 0.05) is 26.2 Å². The molecular formula is C9H20N2O. The van der Waals surface area contributed by atoms with Gasteiger partial charge in [0.1, 0.15) is 0 Å². The minimum absolute atomic E-state index is 0.0833. The van der Waals surface area contributed by atoms with Crippen LogP contribution < -0.4 is 0 Å². The Morgan fingerprint density at radius 3 is 1.33 bits per heavy atom. The quantitative estimate of drug-likeness (QED) is 0.623. The minimum atomic E-state index is 0.0833. The van der Waals surface area contributed by atoms with Crippen LogP contribution in [0.2, 0.25) is 0 Å². The van der Waals surface area contributed by atoms with E-state index in [1.54, 1.807) is 9.80 Å². The Morgan fingerprint density at radius 1 is 0.917 bits per heavy atom. The van der Waals surface area contributed by atoms with Crippen LogP contribution in [0.3, 0.4) is 0 Å². The summed E-state index contributed by atoms with van der Waals surface area (Å²) in [5.41, 5.74) is 0. The van der Waals surface area contributed by atoms with Crippen LogP contribution in [0.4, 0.5) is 4.79 Å². The fourth-order valence-corrected chi connectivity index (χ4v) is 0.691. The van der Waals surface area contributed by atoms with Gasteiger partial charge in [0.25, 0.3) is 0 Å². The van der Waals surface area contributed by atoms with Crippen molar-refractivity contribution in [1.82, 2.24) is 9.80 Å². The predicted octanol–water partition coefficient (Wildman–Crippen LogP) is 1.79. The number of nitrogens with zero attached hydrogens (tertiary/aromatic N) is 2. The molecule has 0 N–H and O–H groups in total. The zero-order valence-electron chi connectivity index (χ0n) is 8.96. The molecule has 72 valence electrons. The lowest BCUT2D eigenvalue weighted by atomic mass is 10.3. The van der Waals surface area contributed by atoms with Crippen LogP contribution in [0.1, 0.15) is 27.7 Å². The Labute approximate surface area is 75.3 Å². The van der Waals surface area contributed by atoms with Crippen molar-refractivity contribution in [2.75, 3.05) is 14.1 Å². The first-order valence-corrected chi connectivity index (χ1v) is 4.37. The van der Waals surface area contributed by atoms with E-state index in [0.717, 1.165) is 0 Å². The van der Waals surface area contributed by atoms with Gasteiger partial charge in [0.15, 0.2) is 0 Å². The second-order valence-electron chi connectivity index (χ2n) is 3.69. The lowest BCUT2D eigenvalue weighted by molar-refractivity contribution is 0.152. The van der Waals surface area contributed by atoms with E-state index in [2.05, 4.69) is 0 Å². The fourth-order valence-electron chi connectivity index (χ4n) is 0.691. The highest BCUT2D eigenvalue weighted by atomic mass is 16.2. The van der Waals surface area contributed by atoms with E-state index in [1.807, 2.05) is 41.8 Å². The van der Waals surface area contributed by atoms with Crippen LogP contribution in [0.5, 0.6) is 0 Å². The average Bonchev–Trinajstić information content (AvgIpc) is 2.00. The molecule has 3 nitrogen and oxygen atoms in total. The van der Waals surface area contributed by atoms with Gasteiger partial charge in [0.05, 0.1) is 0 Å². The van der Waals surface area contributed by atoms with E-state index in [1.165, 1.54) is 0 Å². The molecule has 0 saturated heterocycles. The molecular weight excluding hydrogens is 152 g/mol. The van der Waals surface area contributed by atoms with E-state index in [0.29, 0.717) is 0 Å². The summed E-state index contributed by atoms with van der Waals surface area (Å²) in [5.74, 6) is 0. The predicted molar refractivity (Wildman–Crippen MR) is 51.2 cm³/mol. The van der Waals surface area contributed by atoms with Gasteiger partial charge in [-0.2, -0.15) is 0 Å². The van der Waals surface area contributed by atoms with Crippen LogP contribution >= 0.6 is 0 Å². The number of carbonyl (C=O) groups is 1. The average molecular weight is 172 g/mol. The molecule has 0 aromatic heterocycles. The number of amides is 2. The molecule has 0 spiro atoms. The summed E-state index contributed by atoms with van der Waals surface area (Å²) in [6, 6.07) is 0.609. The standard InChI is InChI=1S/C9H20N2O/c1-7(2)10(5)9(12)11(6)8(3)4/h7-8H,1-6H3. The number of rotatable bonds is 2. The van der Waals surface area contributed by atoms with Gasteiger partial charge >= 0.3 is 6.03 Å². The van der Waals surface area contributed by atoms with Crippen molar-refractivity contribution < 1.29 is 4.79 Å². The molecule has 0 atom stereocenters. The monoisotopic (exact) mass is 172 g/mol. The zero-order valence-corrected chi connectivity index (χ0v) is 8.96. The van der Waals surface area contributed by atoms with Gasteiger partial charge in [-0.05, 0) is 27.7 Å². The number of hydrogen-bond donors (Lipinski definition) is 0. The summed E-state index contributed by atoms with van der Waals surface area (Å²) >= 11 is 0. The van der Waals surface area contributed by atoms with Crippen LogP contribution in [-0.4, -0.2) is 42.0 Å². The molecule has 0 bridgehead atoms. The van der Waals surface area contributed by atoms with E-state index in [9.17, 15) is 4.79 Å². The van der Waals surface area contributed by atoms with Crippen LogP contribution in [-0.2, 0) is 0 Å². The molecule has 0 heterocycles. The molecule has 0 rings (SSSR count). The van der Waals surface area contributed by atoms with Gasteiger partial charge in [-0.25, -0.2) is 4.79 Å². The molecule has 2 amide bonds. The molecule has 0 radical (unpaired) electrons. The van der Waals surface area contributed by atoms with Crippen molar-refractivity contribution in [2.24, 2.45) is 0 Å². The third kappa shape index (κ3) is 2.72. The zero-order chi connectivity index (χ0) is 9.89. The summed E-state index contributed by atoms with van der Waals surface area (Å²) in [4.78, 5) is 15.0. The van der Waals surface area contributed by atoms with Crippen molar-refractivity contribution in [3.8, 4) is 0 Å². The summed E-state index contributed by atoms with van der Waals surface area (Å²) in [6.45, 7) is 8.02. The maximum absolute atomic E-state index is 11.6. The van der Waals surface area contributed by atoms with Crippen molar-refractivity contribution in [1.29, 1.82) is 0 Å². The highest BCUT2D eigenvalue weighted by Crippen LogP contribution is 2.02. The number of hydrogen-bond acceptors (Lipinski definition) is 1. The molecule has 0 unspecified atom stereocenters. The largest absolute Gasteiger partial charge is 0.325 e. The van der Waals surface area contributed by atoms with E-state index >= 15 is 0 Å². The molecule has 0 aliphatic heterocycles. The third-order valence-corrected chi connectivity index (χ3v) is 2.15. The Hall–Kier alpha value is -0.730. The maximum Gasteiger partial charge on any atom is 0.319 e. The van der Waals surface area contributed by atoms with Gasteiger partial charge in [-0.15, -0.1) is 0 Å². The second kappa shape index (κ2) is 4.33. The van der Waals surface area contributed by atoms with Gasteiger partial charge in [0.2, 0.25) is 0 Å². The molecule has 3 heteroatoms. The lowest BCUT2D eigenvalue weighted by Crippen LogP contribution is -2.45. The van der Waals surface area contributed by atoms with Crippen molar-refractivity contribution >= 4 is 6.03 Å². The normalized spacial score (nSPS) is 10.7. The van der Waals surface area contributed by atoms with Crippen LogP contribution in [0, 0.1) is 0 Å². The Morgan fingerprint density at radius 2 is 1.17 bits per heavy atom. The molecule has 0 fully saturated rings. The maximum atomic E-state index is 11.6. The minimum Gasteiger partial charge on any atom is -0.325 e. The van der Waals surface area contributed by atoms with Crippen molar-refractivity contribution in [2.45, 2.75) is 39.8 Å². The first kappa shape index (κ1) is 11.3. The third-order valence-electron chi connectivity index (χ3n) is 2.15. The Bertz CT molecular complexity index is 139. The molecule has 0 saturated carbocycles. The summed E-state index contributed by atoms with van der Waals surface area (Å²) < 4.78 is 0. The summed E-state index contributed by atoms with van der Waals surface area (Å²) in [6.07, 6.45) is 0. The second-order valence-corrected chi connectivity index (χ2v) is 3.69. The van der Waals surface area contributed by atoms with Crippen LogP contribution in [0.15, 0.2) is 0 Å².